The minimum Gasteiger partial charge on any atom is -0.495 e. The lowest BCUT2D eigenvalue weighted by Crippen LogP contribution is -2.18. The fourth-order valence-corrected chi connectivity index (χ4v) is 5.90. The zero-order valence-corrected chi connectivity index (χ0v) is 26.6. The van der Waals surface area contributed by atoms with Gasteiger partial charge in [0.1, 0.15) is 23.1 Å². The van der Waals surface area contributed by atoms with Crippen LogP contribution in [-0.2, 0) is 21.1 Å². The number of anilines is 3. The Morgan fingerprint density at radius 2 is 1.79 bits per heavy atom. The fraction of sp³-hybridized carbons (Fsp3) is 0.258. The molecular formula is C31H32Cl2N4O5S. The van der Waals surface area contributed by atoms with E-state index in [0.29, 0.717) is 45.2 Å². The average Bonchev–Trinajstić information content (AvgIpc) is 2.99. The molecule has 2 N–H and O–H groups in total. The Hall–Kier alpha value is -3.86. The Morgan fingerprint density at radius 1 is 1.09 bits per heavy atom. The number of nitrogens with one attached hydrogen (secondary N) is 2. The van der Waals surface area contributed by atoms with E-state index in [-0.39, 0.29) is 40.3 Å². The summed E-state index contributed by atoms with van der Waals surface area (Å²) in [6.07, 6.45) is 3.16. The minimum atomic E-state index is -3.23. The highest BCUT2D eigenvalue weighted by molar-refractivity contribution is 7.91. The Labute approximate surface area is 261 Å². The predicted octanol–water partition coefficient (Wildman–Crippen LogP) is 6.82. The number of methoxy groups -OCH3 is 2. The van der Waals surface area contributed by atoms with Gasteiger partial charge in [0, 0.05) is 53.0 Å². The molecule has 12 heteroatoms. The molecule has 0 aliphatic carbocycles. The third kappa shape index (κ3) is 7.21. The number of sulfone groups is 1. The van der Waals surface area contributed by atoms with Gasteiger partial charge in [-0.2, -0.15) is 0 Å². The van der Waals surface area contributed by atoms with Crippen LogP contribution in [0, 0.1) is 6.92 Å². The molecule has 2 aromatic carbocycles. The van der Waals surface area contributed by atoms with Crippen molar-refractivity contribution in [2.75, 3.05) is 42.9 Å². The van der Waals surface area contributed by atoms with Crippen molar-refractivity contribution in [1.29, 1.82) is 0 Å². The van der Waals surface area contributed by atoms with Crippen LogP contribution in [0.2, 0.25) is 10.0 Å². The van der Waals surface area contributed by atoms with E-state index in [2.05, 4.69) is 22.2 Å². The van der Waals surface area contributed by atoms with Gasteiger partial charge in [-0.05, 0) is 36.3 Å². The van der Waals surface area contributed by atoms with Crippen molar-refractivity contribution in [3.05, 3.63) is 76.4 Å². The molecule has 0 radical (unpaired) electrons. The molecule has 0 bridgehead atoms. The van der Waals surface area contributed by atoms with Gasteiger partial charge >= 0.3 is 0 Å². The maximum absolute atomic E-state index is 12.2. The van der Waals surface area contributed by atoms with Crippen LogP contribution in [0.25, 0.3) is 22.0 Å². The summed E-state index contributed by atoms with van der Waals surface area (Å²) in [5.41, 5.74) is 3.31. The maximum Gasteiger partial charge on any atom is 0.159 e. The van der Waals surface area contributed by atoms with E-state index in [1.807, 2.05) is 31.2 Å². The smallest absolute Gasteiger partial charge is 0.159 e. The molecule has 9 nitrogen and oxygen atoms in total. The summed E-state index contributed by atoms with van der Waals surface area (Å²) in [6.45, 7) is 7.25. The standard InChI is InChI=1S/C31H32Cl2N4O5S/c1-6-21(38)13-19-10-8-9-18(3)30(19)37-26-15-22-20(17-35-26)14-23(36-31(22)34-11-12-43(39,40)7-2)27-28(32)24(41-4)16-25(42-5)29(27)33/h6,8-10,14-17H,1,7,11-13H2,2-5H3,(H,34,36)(H,35,37). The van der Waals surface area contributed by atoms with Crippen molar-refractivity contribution in [2.24, 2.45) is 0 Å². The van der Waals surface area contributed by atoms with Crippen LogP contribution in [0.5, 0.6) is 11.5 Å². The molecule has 0 atom stereocenters. The number of rotatable bonds is 13. The number of aromatic nitrogens is 2. The van der Waals surface area contributed by atoms with E-state index < -0.39 is 9.84 Å². The number of benzene rings is 2. The van der Waals surface area contributed by atoms with Crippen molar-refractivity contribution < 1.29 is 22.7 Å². The van der Waals surface area contributed by atoms with Gasteiger partial charge in [0.2, 0.25) is 0 Å². The monoisotopic (exact) mass is 642 g/mol. The third-order valence-corrected chi connectivity index (χ3v) is 9.35. The number of aryl methyl sites for hydroxylation is 1. The zero-order chi connectivity index (χ0) is 31.3. The number of allylic oxidation sites excluding steroid dienone is 1. The van der Waals surface area contributed by atoms with Gasteiger partial charge in [-0.15, -0.1) is 0 Å². The molecule has 0 spiro atoms. The SMILES string of the molecule is C=CC(=O)Cc1cccc(C)c1Nc1cc2c(NCCS(=O)(=O)CC)nc(-c3c(Cl)c(OC)cc(OC)c3Cl)cc2cn1. The van der Waals surface area contributed by atoms with Gasteiger partial charge in [0.15, 0.2) is 15.6 Å². The molecule has 0 fully saturated rings. The summed E-state index contributed by atoms with van der Waals surface area (Å²) in [5, 5.41) is 8.38. The Balaban J connectivity index is 1.85. The van der Waals surface area contributed by atoms with E-state index in [1.165, 1.54) is 20.3 Å². The van der Waals surface area contributed by atoms with Crippen LogP contribution in [0.3, 0.4) is 0 Å². The summed E-state index contributed by atoms with van der Waals surface area (Å²) in [5.74, 6) is 1.47. The van der Waals surface area contributed by atoms with Crippen molar-refractivity contribution in [2.45, 2.75) is 20.3 Å². The summed E-state index contributed by atoms with van der Waals surface area (Å²) < 4.78 is 35.3. The number of ether oxygens (including phenoxy) is 2. The number of carbonyl (C=O) groups is 1. The number of para-hydroxylation sites is 1. The maximum atomic E-state index is 12.2. The van der Waals surface area contributed by atoms with Crippen molar-refractivity contribution >= 4 is 66.9 Å². The Kier molecular flexibility index (Phi) is 10.2. The fourth-order valence-electron chi connectivity index (χ4n) is 4.50. The Morgan fingerprint density at radius 3 is 2.42 bits per heavy atom. The van der Waals surface area contributed by atoms with Gasteiger partial charge in [-0.3, -0.25) is 4.79 Å². The second-order valence-electron chi connectivity index (χ2n) is 9.68. The topological polar surface area (TPSA) is 120 Å². The summed E-state index contributed by atoms with van der Waals surface area (Å²) >= 11 is 13.4. The largest absolute Gasteiger partial charge is 0.495 e. The van der Waals surface area contributed by atoms with Gasteiger partial charge in [-0.1, -0.05) is 54.9 Å². The molecule has 4 rings (SSSR count). The summed E-state index contributed by atoms with van der Waals surface area (Å²) in [6, 6.07) is 10.9. The average molecular weight is 644 g/mol. The number of pyridine rings is 2. The third-order valence-electron chi connectivity index (χ3n) is 6.89. The van der Waals surface area contributed by atoms with E-state index in [0.717, 1.165) is 16.8 Å². The molecule has 0 amide bonds. The van der Waals surface area contributed by atoms with Crippen molar-refractivity contribution in [3.63, 3.8) is 0 Å². The number of hydrogen-bond acceptors (Lipinski definition) is 9. The number of carbonyl (C=O) groups excluding carboxylic acids is 1. The molecular weight excluding hydrogens is 611 g/mol. The van der Waals surface area contributed by atoms with Crippen LogP contribution in [0.1, 0.15) is 18.1 Å². The second kappa shape index (κ2) is 13.6. The lowest BCUT2D eigenvalue weighted by molar-refractivity contribution is -0.114. The van der Waals surface area contributed by atoms with E-state index in [1.54, 1.807) is 25.3 Å². The van der Waals surface area contributed by atoms with Gasteiger partial charge in [0.05, 0.1) is 35.7 Å². The van der Waals surface area contributed by atoms with Gasteiger partial charge in [0.25, 0.3) is 0 Å². The van der Waals surface area contributed by atoms with Crippen LogP contribution >= 0.6 is 23.2 Å². The van der Waals surface area contributed by atoms with E-state index in [4.69, 9.17) is 37.7 Å². The first-order chi connectivity index (χ1) is 20.5. The van der Waals surface area contributed by atoms with Crippen LogP contribution in [0.4, 0.5) is 17.3 Å². The van der Waals surface area contributed by atoms with Crippen LogP contribution < -0.4 is 20.1 Å². The zero-order valence-electron chi connectivity index (χ0n) is 24.3. The first-order valence-corrected chi connectivity index (χ1v) is 16.0. The molecule has 226 valence electrons. The molecule has 0 saturated carbocycles. The lowest BCUT2D eigenvalue weighted by atomic mass is 10.0. The molecule has 0 saturated heterocycles. The molecule has 0 unspecified atom stereocenters. The highest BCUT2D eigenvalue weighted by Crippen LogP contribution is 2.46. The molecule has 43 heavy (non-hydrogen) atoms. The van der Waals surface area contributed by atoms with E-state index in [9.17, 15) is 13.2 Å². The highest BCUT2D eigenvalue weighted by atomic mass is 35.5. The summed E-state index contributed by atoms with van der Waals surface area (Å²) in [7, 11) is -0.262. The van der Waals surface area contributed by atoms with E-state index >= 15 is 0 Å². The first kappa shape index (κ1) is 32.1. The van der Waals surface area contributed by atoms with Crippen molar-refractivity contribution in [3.8, 4) is 22.8 Å². The normalized spacial score (nSPS) is 11.3. The number of nitrogens with zero attached hydrogens (tertiary/aromatic N) is 2. The number of fused-ring (bicyclic) bond motifs is 1. The predicted molar refractivity (Wildman–Crippen MR) is 174 cm³/mol. The van der Waals surface area contributed by atoms with Gasteiger partial charge in [-0.25, -0.2) is 18.4 Å². The quantitative estimate of drug-likeness (QED) is 0.151. The molecule has 2 aromatic heterocycles. The molecule has 2 heterocycles. The van der Waals surface area contributed by atoms with Crippen LogP contribution in [0.15, 0.2) is 55.3 Å². The van der Waals surface area contributed by atoms with Crippen molar-refractivity contribution in [1.82, 2.24) is 9.97 Å². The minimum absolute atomic E-state index is 0.0306. The first-order valence-electron chi connectivity index (χ1n) is 13.4. The molecule has 0 aliphatic rings. The number of ketones is 1. The van der Waals surface area contributed by atoms with Crippen LogP contribution in [-0.4, -0.2) is 56.4 Å². The molecule has 4 aromatic rings. The number of hydrogen-bond donors (Lipinski definition) is 2. The summed E-state index contributed by atoms with van der Waals surface area (Å²) in [4.78, 5) is 21.6. The number of halogens is 2. The van der Waals surface area contributed by atoms with Gasteiger partial charge < -0.3 is 20.1 Å². The Bertz CT molecular complexity index is 1780. The highest BCUT2D eigenvalue weighted by Gasteiger charge is 2.22. The lowest BCUT2D eigenvalue weighted by Gasteiger charge is -2.17. The molecule has 0 aliphatic heterocycles. The second-order valence-corrected chi connectivity index (χ2v) is 12.9.